The molecule has 0 amide bonds. The molecule has 0 aromatic carbocycles. The number of esters is 1. The Balaban J connectivity index is 3.65. The van der Waals surface area contributed by atoms with Crippen LogP contribution in [0.2, 0.25) is 0 Å². The predicted octanol–water partition coefficient (Wildman–Crippen LogP) is 4.56. The van der Waals surface area contributed by atoms with E-state index in [-0.39, 0.29) is 19.0 Å². The van der Waals surface area contributed by atoms with Gasteiger partial charge in [0, 0.05) is 6.42 Å². The lowest BCUT2D eigenvalue weighted by Gasteiger charge is -2.08. The summed E-state index contributed by atoms with van der Waals surface area (Å²) in [6.45, 7) is 1.54. The molecule has 0 saturated carbocycles. The topological polar surface area (TPSA) is 87.0 Å². The second kappa shape index (κ2) is 21.8. The molecular weight excluding hydrogens is 380 g/mol. The van der Waals surface area contributed by atoms with Crippen molar-refractivity contribution in [2.24, 2.45) is 0 Å². The highest BCUT2D eigenvalue weighted by Gasteiger charge is 2.07. The lowest BCUT2D eigenvalue weighted by atomic mass is 10.1. The van der Waals surface area contributed by atoms with Gasteiger partial charge in [-0.05, 0) is 38.5 Å². The van der Waals surface area contributed by atoms with E-state index in [0.717, 1.165) is 38.5 Å². The molecule has 30 heavy (non-hydrogen) atoms. The summed E-state index contributed by atoms with van der Waals surface area (Å²) < 4.78 is 4.83. The Hall–Kier alpha value is -1.95. The van der Waals surface area contributed by atoms with Crippen molar-refractivity contribution in [3.63, 3.8) is 0 Å². The zero-order chi connectivity index (χ0) is 22.3. The van der Waals surface area contributed by atoms with Crippen molar-refractivity contribution in [1.29, 1.82) is 0 Å². The molecular formula is C25H40O5. The van der Waals surface area contributed by atoms with E-state index in [2.05, 4.69) is 43.4 Å². The van der Waals surface area contributed by atoms with Gasteiger partial charge in [0.1, 0.15) is 12.7 Å². The molecule has 0 aliphatic rings. The van der Waals surface area contributed by atoms with Gasteiger partial charge < -0.3 is 20.1 Å². The van der Waals surface area contributed by atoms with Crippen LogP contribution in [0.15, 0.2) is 60.8 Å². The molecule has 5 heteroatoms. The fourth-order valence-corrected chi connectivity index (χ4v) is 2.44. The minimum absolute atomic E-state index is 0.170. The van der Waals surface area contributed by atoms with Crippen LogP contribution in [0.5, 0.6) is 0 Å². The van der Waals surface area contributed by atoms with Gasteiger partial charge in [-0.1, -0.05) is 80.5 Å². The fraction of sp³-hybridized carbons (Fsp3) is 0.560. The lowest BCUT2D eigenvalue weighted by Crippen LogP contribution is -2.21. The molecule has 0 saturated heterocycles. The van der Waals surface area contributed by atoms with E-state index in [4.69, 9.17) is 14.9 Å². The molecule has 2 atom stereocenters. The minimum atomic E-state index is -1.01. The Morgan fingerprint density at radius 1 is 0.867 bits per heavy atom. The molecule has 0 heterocycles. The number of aliphatic hydroxyl groups excluding tert-OH is 3. The monoisotopic (exact) mass is 420 g/mol. The van der Waals surface area contributed by atoms with Crippen molar-refractivity contribution < 1.29 is 24.9 Å². The molecule has 2 unspecified atom stereocenters. The second-order valence-corrected chi connectivity index (χ2v) is 7.03. The molecule has 3 N–H and O–H groups in total. The van der Waals surface area contributed by atoms with E-state index in [0.29, 0.717) is 12.8 Å². The van der Waals surface area contributed by atoms with Crippen molar-refractivity contribution in [3.8, 4) is 0 Å². The molecule has 0 radical (unpaired) electrons. The highest BCUT2D eigenvalue weighted by Crippen LogP contribution is 2.08. The van der Waals surface area contributed by atoms with Crippen LogP contribution in [0.3, 0.4) is 0 Å². The maximum absolute atomic E-state index is 11.4. The van der Waals surface area contributed by atoms with Crippen LogP contribution in [-0.4, -0.2) is 46.7 Å². The molecule has 170 valence electrons. The zero-order valence-electron chi connectivity index (χ0n) is 18.4. The van der Waals surface area contributed by atoms with Crippen LogP contribution in [-0.2, 0) is 9.53 Å². The van der Waals surface area contributed by atoms with Crippen molar-refractivity contribution in [1.82, 2.24) is 0 Å². The largest absolute Gasteiger partial charge is 0.463 e. The third kappa shape index (κ3) is 20.8. The summed E-state index contributed by atoms with van der Waals surface area (Å²) in [5.41, 5.74) is 0. The van der Waals surface area contributed by atoms with E-state index in [1.54, 1.807) is 6.08 Å². The van der Waals surface area contributed by atoms with Crippen molar-refractivity contribution >= 4 is 5.97 Å². The number of carbonyl (C=O) groups excluding carboxylic acids is 1. The first-order chi connectivity index (χ1) is 14.6. The average molecular weight is 421 g/mol. The molecule has 0 aliphatic carbocycles. The molecule has 0 spiro atoms. The summed E-state index contributed by atoms with van der Waals surface area (Å²) in [7, 11) is 0. The average Bonchev–Trinajstić information content (AvgIpc) is 2.74. The summed E-state index contributed by atoms with van der Waals surface area (Å²) in [5, 5.41) is 27.6. The van der Waals surface area contributed by atoms with Gasteiger partial charge in [0.25, 0.3) is 0 Å². The van der Waals surface area contributed by atoms with Crippen LogP contribution in [0, 0.1) is 0 Å². The summed E-state index contributed by atoms with van der Waals surface area (Å²) in [6.07, 6.45) is 26.3. The third-order valence-electron chi connectivity index (χ3n) is 4.16. The van der Waals surface area contributed by atoms with Gasteiger partial charge in [0.2, 0.25) is 0 Å². The molecule has 0 aromatic heterocycles. The summed E-state index contributed by atoms with van der Waals surface area (Å²) >= 11 is 0. The maximum Gasteiger partial charge on any atom is 0.305 e. The molecule has 5 nitrogen and oxygen atoms in total. The van der Waals surface area contributed by atoms with Crippen molar-refractivity contribution in [3.05, 3.63) is 60.8 Å². The van der Waals surface area contributed by atoms with Crippen LogP contribution in [0.25, 0.3) is 0 Å². The van der Waals surface area contributed by atoms with Crippen LogP contribution < -0.4 is 0 Å². The molecule has 0 bridgehead atoms. The van der Waals surface area contributed by atoms with Crippen molar-refractivity contribution in [2.75, 3.05) is 13.2 Å². The second-order valence-electron chi connectivity index (χ2n) is 7.03. The van der Waals surface area contributed by atoms with Gasteiger partial charge in [0.05, 0.1) is 12.7 Å². The van der Waals surface area contributed by atoms with E-state index < -0.39 is 18.8 Å². The number of ether oxygens (including phenoxy) is 1. The quantitative estimate of drug-likeness (QED) is 0.131. The highest BCUT2D eigenvalue weighted by atomic mass is 16.5. The first kappa shape index (κ1) is 28.1. The Bertz CT molecular complexity index is 546. The van der Waals surface area contributed by atoms with Gasteiger partial charge in [0.15, 0.2) is 0 Å². The SMILES string of the molecule is CC/C=C\C/C=C\C/C=C\C/C=C\C=C\C(O)CCCCCC(=O)OCC(O)CO. The number of allylic oxidation sites excluding steroid dienone is 9. The molecule has 0 rings (SSSR count). The van der Waals surface area contributed by atoms with Gasteiger partial charge >= 0.3 is 5.97 Å². The number of unbranched alkanes of at least 4 members (excludes halogenated alkanes) is 2. The number of hydrogen-bond donors (Lipinski definition) is 3. The van der Waals surface area contributed by atoms with Crippen LogP contribution in [0.1, 0.15) is 64.7 Å². The standard InChI is InChI=1S/C25H40O5/c1-2-3-4-5-6-7-8-9-10-11-12-13-15-18-23(27)19-16-14-17-20-25(29)30-22-24(28)21-26/h3-4,6-7,9-10,12-13,15,18,23-24,26-28H,2,5,8,11,14,16-17,19-22H2,1H3/b4-3-,7-6-,10-9-,13-12-,18-15+. The van der Waals surface area contributed by atoms with E-state index in [9.17, 15) is 9.90 Å². The Labute approximate surface area is 182 Å². The first-order valence-electron chi connectivity index (χ1n) is 11.0. The van der Waals surface area contributed by atoms with Crippen LogP contribution in [0.4, 0.5) is 0 Å². The Morgan fingerprint density at radius 3 is 2.13 bits per heavy atom. The smallest absolute Gasteiger partial charge is 0.305 e. The van der Waals surface area contributed by atoms with Gasteiger partial charge in [-0.15, -0.1) is 0 Å². The summed E-state index contributed by atoms with van der Waals surface area (Å²) in [5.74, 6) is -0.373. The lowest BCUT2D eigenvalue weighted by molar-refractivity contribution is -0.147. The maximum atomic E-state index is 11.4. The minimum Gasteiger partial charge on any atom is -0.463 e. The normalized spacial score (nSPS) is 14.7. The molecule has 0 aliphatic heterocycles. The van der Waals surface area contributed by atoms with E-state index in [1.807, 2.05) is 18.2 Å². The van der Waals surface area contributed by atoms with E-state index >= 15 is 0 Å². The third-order valence-corrected chi connectivity index (χ3v) is 4.16. The fourth-order valence-electron chi connectivity index (χ4n) is 2.44. The van der Waals surface area contributed by atoms with Gasteiger partial charge in [-0.3, -0.25) is 4.79 Å². The number of carbonyl (C=O) groups is 1. The summed E-state index contributed by atoms with van der Waals surface area (Å²) in [4.78, 5) is 11.4. The number of aliphatic hydroxyl groups is 3. The first-order valence-corrected chi connectivity index (χ1v) is 11.0. The van der Waals surface area contributed by atoms with Gasteiger partial charge in [-0.2, -0.15) is 0 Å². The summed E-state index contributed by atoms with van der Waals surface area (Å²) in [6, 6.07) is 0. The Morgan fingerprint density at radius 2 is 1.50 bits per heavy atom. The molecule has 0 fully saturated rings. The number of rotatable bonds is 18. The molecule has 0 aromatic rings. The Kier molecular flexibility index (Phi) is 20.3. The van der Waals surface area contributed by atoms with Crippen LogP contribution >= 0.6 is 0 Å². The zero-order valence-corrected chi connectivity index (χ0v) is 18.4. The predicted molar refractivity (Wildman–Crippen MR) is 123 cm³/mol. The number of hydrogen-bond acceptors (Lipinski definition) is 5. The van der Waals surface area contributed by atoms with Gasteiger partial charge in [-0.25, -0.2) is 0 Å². The van der Waals surface area contributed by atoms with Crippen molar-refractivity contribution in [2.45, 2.75) is 76.9 Å². The highest BCUT2D eigenvalue weighted by molar-refractivity contribution is 5.69. The van der Waals surface area contributed by atoms with E-state index in [1.165, 1.54) is 0 Å².